The second kappa shape index (κ2) is 12.7. The molecule has 3 aromatic rings. The van der Waals surface area contributed by atoms with Gasteiger partial charge in [0.25, 0.3) is 5.91 Å². The molecule has 1 aromatic heterocycles. The average molecular weight is 548 g/mol. The predicted octanol–water partition coefficient (Wildman–Crippen LogP) is 5.06. The van der Waals surface area contributed by atoms with Crippen molar-refractivity contribution >= 4 is 23.2 Å². The molecule has 3 heterocycles. The minimum absolute atomic E-state index is 0.127. The fraction of sp³-hybridized carbons (Fsp3) is 0.355. The van der Waals surface area contributed by atoms with Gasteiger partial charge in [-0.3, -0.25) is 19.6 Å². The van der Waals surface area contributed by atoms with Crippen molar-refractivity contribution in [1.82, 2.24) is 25.0 Å². The summed E-state index contributed by atoms with van der Waals surface area (Å²) in [6.07, 6.45) is 3.58. The number of amides is 1. The highest BCUT2D eigenvalue weighted by Gasteiger charge is 2.23. The van der Waals surface area contributed by atoms with Gasteiger partial charge >= 0.3 is 0 Å². The Morgan fingerprint density at radius 3 is 2.05 bits per heavy atom. The van der Waals surface area contributed by atoms with Crippen LogP contribution >= 0.6 is 11.6 Å². The fourth-order valence-electron chi connectivity index (χ4n) is 5.25. The maximum absolute atomic E-state index is 13.2. The Morgan fingerprint density at radius 2 is 1.46 bits per heavy atom. The van der Waals surface area contributed by atoms with Gasteiger partial charge in [-0.15, -0.1) is 0 Å². The van der Waals surface area contributed by atoms with Crippen molar-refractivity contribution < 1.29 is 9.18 Å². The molecule has 0 spiro atoms. The largest absolute Gasteiger partial charge is 0.369 e. The number of pyridine rings is 1. The topological polar surface area (TPSA) is 51.7 Å². The van der Waals surface area contributed by atoms with E-state index in [0.717, 1.165) is 87.0 Å². The summed E-state index contributed by atoms with van der Waals surface area (Å²) < 4.78 is 13.2. The van der Waals surface area contributed by atoms with Crippen molar-refractivity contribution in [2.75, 3.05) is 39.3 Å². The Balaban J connectivity index is 1.05. The fourth-order valence-corrected chi connectivity index (χ4v) is 5.37. The van der Waals surface area contributed by atoms with E-state index in [0.29, 0.717) is 5.69 Å². The van der Waals surface area contributed by atoms with Gasteiger partial charge in [-0.05, 0) is 60.4 Å². The number of nitrogens with zero attached hydrogens (tertiary/aromatic N) is 4. The Bertz CT molecular complexity index is 1250. The van der Waals surface area contributed by atoms with Crippen molar-refractivity contribution in [2.24, 2.45) is 0 Å². The van der Waals surface area contributed by atoms with E-state index in [1.165, 1.54) is 17.7 Å². The van der Waals surface area contributed by atoms with Crippen LogP contribution in [-0.2, 0) is 13.1 Å². The SMILES string of the molecule is C=C(c1ccc(C(=O)NC2CCN(Cc3ccc(Cl)cc3)CC2)nc1)N1CCN(Cc2ccc(F)cc2)CC1. The molecule has 2 saturated heterocycles. The van der Waals surface area contributed by atoms with E-state index in [9.17, 15) is 9.18 Å². The quantitative estimate of drug-likeness (QED) is 0.427. The molecule has 39 heavy (non-hydrogen) atoms. The molecule has 1 amide bonds. The van der Waals surface area contributed by atoms with Crippen LogP contribution in [0.5, 0.6) is 0 Å². The number of hydrogen-bond acceptors (Lipinski definition) is 5. The number of nitrogens with one attached hydrogen (secondary N) is 1. The molecule has 204 valence electrons. The number of piperazine rings is 1. The average Bonchev–Trinajstić information content (AvgIpc) is 2.96. The number of hydrogen-bond donors (Lipinski definition) is 1. The number of piperidine rings is 1. The van der Waals surface area contributed by atoms with Crippen LogP contribution in [0.25, 0.3) is 5.70 Å². The van der Waals surface area contributed by atoms with E-state index in [1.54, 1.807) is 12.3 Å². The number of halogens is 2. The zero-order chi connectivity index (χ0) is 27.2. The number of rotatable bonds is 8. The van der Waals surface area contributed by atoms with Gasteiger partial charge in [0, 0.05) is 80.9 Å². The van der Waals surface area contributed by atoms with Crippen molar-refractivity contribution in [3.05, 3.63) is 107 Å². The van der Waals surface area contributed by atoms with Gasteiger partial charge < -0.3 is 10.2 Å². The maximum atomic E-state index is 13.2. The monoisotopic (exact) mass is 547 g/mol. The molecule has 1 N–H and O–H groups in total. The lowest BCUT2D eigenvalue weighted by atomic mass is 10.0. The first kappa shape index (κ1) is 27.3. The van der Waals surface area contributed by atoms with Crippen molar-refractivity contribution in [3.63, 3.8) is 0 Å². The third kappa shape index (κ3) is 7.44. The zero-order valence-electron chi connectivity index (χ0n) is 22.2. The number of aromatic nitrogens is 1. The van der Waals surface area contributed by atoms with Crippen molar-refractivity contribution in [1.29, 1.82) is 0 Å². The van der Waals surface area contributed by atoms with Crippen LogP contribution < -0.4 is 5.32 Å². The van der Waals surface area contributed by atoms with Crippen LogP contribution in [0.15, 0.2) is 73.4 Å². The predicted molar refractivity (Wildman–Crippen MR) is 154 cm³/mol. The number of carbonyl (C=O) groups excluding carboxylic acids is 1. The van der Waals surface area contributed by atoms with Crippen LogP contribution in [0, 0.1) is 5.82 Å². The third-order valence-corrected chi connectivity index (χ3v) is 7.90. The standard InChI is InChI=1S/C31H35ClFN5O/c1-23(38-18-16-37(17-19-38)22-25-4-9-28(33)10-5-25)26-6-11-30(34-20-26)31(39)35-29-12-14-36(15-13-29)21-24-2-7-27(32)8-3-24/h2-11,20,29H,1,12-19,21-22H2,(H,35,39). The van der Waals surface area contributed by atoms with Gasteiger partial charge in [-0.1, -0.05) is 42.4 Å². The molecule has 0 unspecified atom stereocenters. The summed E-state index contributed by atoms with van der Waals surface area (Å²) in [6, 6.07) is 18.6. The molecule has 5 rings (SSSR count). The molecule has 2 aromatic carbocycles. The molecule has 0 radical (unpaired) electrons. The van der Waals surface area contributed by atoms with Crippen LogP contribution in [0.2, 0.25) is 5.02 Å². The molecule has 2 aliphatic heterocycles. The van der Waals surface area contributed by atoms with E-state index in [4.69, 9.17) is 11.6 Å². The number of benzene rings is 2. The summed E-state index contributed by atoms with van der Waals surface area (Å²) in [4.78, 5) is 24.3. The third-order valence-electron chi connectivity index (χ3n) is 7.65. The van der Waals surface area contributed by atoms with Gasteiger partial charge in [-0.25, -0.2) is 4.39 Å². The van der Waals surface area contributed by atoms with E-state index < -0.39 is 0 Å². The van der Waals surface area contributed by atoms with E-state index in [-0.39, 0.29) is 17.8 Å². The summed E-state index contributed by atoms with van der Waals surface area (Å²) in [6.45, 7) is 11.4. The molecule has 6 nitrogen and oxygen atoms in total. The summed E-state index contributed by atoms with van der Waals surface area (Å²) in [5.41, 5.74) is 4.64. The Labute approximate surface area is 235 Å². The van der Waals surface area contributed by atoms with Crippen LogP contribution in [-0.4, -0.2) is 70.9 Å². The Morgan fingerprint density at radius 1 is 0.872 bits per heavy atom. The molecule has 2 fully saturated rings. The highest BCUT2D eigenvalue weighted by atomic mass is 35.5. The molecule has 0 bridgehead atoms. The summed E-state index contributed by atoms with van der Waals surface area (Å²) in [5, 5.41) is 3.92. The van der Waals surface area contributed by atoms with E-state index in [1.807, 2.05) is 30.3 Å². The number of carbonyl (C=O) groups is 1. The van der Waals surface area contributed by atoms with Crippen molar-refractivity contribution in [3.8, 4) is 0 Å². The molecule has 0 atom stereocenters. The van der Waals surface area contributed by atoms with Gasteiger partial charge in [-0.2, -0.15) is 0 Å². The molecule has 0 saturated carbocycles. The lowest BCUT2D eigenvalue weighted by Gasteiger charge is -2.37. The van der Waals surface area contributed by atoms with Gasteiger partial charge in [0.1, 0.15) is 11.5 Å². The summed E-state index contributed by atoms with van der Waals surface area (Å²) >= 11 is 5.99. The highest BCUT2D eigenvalue weighted by Crippen LogP contribution is 2.20. The van der Waals surface area contributed by atoms with E-state index in [2.05, 4.69) is 43.7 Å². The first-order chi connectivity index (χ1) is 18.9. The number of likely N-dealkylation sites (tertiary alicyclic amines) is 1. The van der Waals surface area contributed by atoms with E-state index >= 15 is 0 Å². The lowest BCUT2D eigenvalue weighted by molar-refractivity contribution is 0.0904. The van der Waals surface area contributed by atoms with Gasteiger partial charge in [0.2, 0.25) is 0 Å². The molecular formula is C31H35ClFN5O. The molecule has 8 heteroatoms. The maximum Gasteiger partial charge on any atom is 0.270 e. The first-order valence-corrected chi connectivity index (χ1v) is 14.0. The minimum Gasteiger partial charge on any atom is -0.369 e. The van der Waals surface area contributed by atoms with Crippen LogP contribution in [0.4, 0.5) is 4.39 Å². The van der Waals surface area contributed by atoms with Crippen molar-refractivity contribution in [2.45, 2.75) is 32.0 Å². The molecule has 2 aliphatic rings. The molecule has 0 aliphatic carbocycles. The second-order valence-corrected chi connectivity index (χ2v) is 10.9. The Kier molecular flexibility index (Phi) is 8.91. The normalized spacial score (nSPS) is 17.2. The zero-order valence-corrected chi connectivity index (χ0v) is 22.9. The summed E-state index contributed by atoms with van der Waals surface area (Å²) in [7, 11) is 0. The van der Waals surface area contributed by atoms with Crippen LogP contribution in [0.1, 0.15) is 40.0 Å². The van der Waals surface area contributed by atoms with Gasteiger partial charge in [0.05, 0.1) is 0 Å². The Hall–Kier alpha value is -3.26. The van der Waals surface area contributed by atoms with Gasteiger partial charge in [0.15, 0.2) is 0 Å². The first-order valence-electron chi connectivity index (χ1n) is 13.6. The summed E-state index contributed by atoms with van der Waals surface area (Å²) in [5.74, 6) is -0.332. The molecular weight excluding hydrogens is 513 g/mol. The smallest absolute Gasteiger partial charge is 0.270 e. The highest BCUT2D eigenvalue weighted by molar-refractivity contribution is 6.30. The van der Waals surface area contributed by atoms with Crippen LogP contribution in [0.3, 0.4) is 0 Å². The lowest BCUT2D eigenvalue weighted by Crippen LogP contribution is -2.45. The minimum atomic E-state index is -0.205. The second-order valence-electron chi connectivity index (χ2n) is 10.4.